The molecule has 106 valence electrons. The Balaban J connectivity index is 2.12. The molecule has 2 aliphatic rings. The molecule has 2 fully saturated rings. The lowest BCUT2D eigenvalue weighted by molar-refractivity contribution is -0.352. The minimum atomic E-state index is -0.685. The van der Waals surface area contributed by atoms with Gasteiger partial charge in [0.2, 0.25) is 0 Å². The van der Waals surface area contributed by atoms with Gasteiger partial charge in [-0.3, -0.25) is 0 Å². The molecular weight excluding hydrogens is 256 g/mol. The molecule has 0 saturated carbocycles. The Kier molecular flexibility index (Phi) is 4.57. The molecule has 0 bridgehead atoms. The first-order valence-electron chi connectivity index (χ1n) is 6.28. The summed E-state index contributed by atoms with van der Waals surface area (Å²) in [6.07, 6.45) is -1.54. The average molecular weight is 278 g/mol. The monoisotopic (exact) mass is 278 g/mol. The van der Waals surface area contributed by atoms with Crippen molar-refractivity contribution in [2.24, 2.45) is 0 Å². The minimum absolute atomic E-state index is 0.185. The fourth-order valence-corrected chi connectivity index (χ4v) is 3.29. The van der Waals surface area contributed by atoms with Crippen LogP contribution in [0.25, 0.3) is 0 Å². The van der Waals surface area contributed by atoms with Gasteiger partial charge >= 0.3 is 0 Å². The smallest absolute Gasteiger partial charge is 0.163 e. The fraction of sp³-hybridized carbons (Fsp3) is 1.00. The van der Waals surface area contributed by atoms with Gasteiger partial charge in [0.15, 0.2) is 5.79 Å². The van der Waals surface area contributed by atoms with Gasteiger partial charge < -0.3 is 24.1 Å². The van der Waals surface area contributed by atoms with Crippen molar-refractivity contribution < 1.29 is 24.1 Å². The zero-order valence-corrected chi connectivity index (χ0v) is 12.1. The number of hydrogen-bond donors (Lipinski definition) is 1. The third-order valence-electron chi connectivity index (χ3n) is 3.23. The summed E-state index contributed by atoms with van der Waals surface area (Å²) in [4.78, 5) is 0. The highest BCUT2D eigenvalue weighted by atomic mass is 32.2. The van der Waals surface area contributed by atoms with Crippen molar-refractivity contribution in [1.82, 2.24) is 0 Å². The molecule has 0 aromatic heterocycles. The molecule has 0 amide bonds. The number of methoxy groups -OCH3 is 1. The van der Waals surface area contributed by atoms with Crippen molar-refractivity contribution in [2.75, 3.05) is 19.5 Å². The van der Waals surface area contributed by atoms with Crippen LogP contribution in [0.5, 0.6) is 0 Å². The largest absolute Gasteiger partial charge is 0.387 e. The van der Waals surface area contributed by atoms with E-state index in [-0.39, 0.29) is 23.7 Å². The van der Waals surface area contributed by atoms with Gasteiger partial charge in [0, 0.05) is 7.11 Å². The zero-order chi connectivity index (χ0) is 13.3. The van der Waals surface area contributed by atoms with Crippen molar-refractivity contribution in [3.8, 4) is 0 Å². The number of aliphatic hydroxyl groups excluding tert-OH is 1. The van der Waals surface area contributed by atoms with Crippen LogP contribution in [-0.4, -0.2) is 60.2 Å². The molecule has 0 spiro atoms. The number of hydrogen-bond acceptors (Lipinski definition) is 6. The number of fused-ring (bicyclic) bond motifs is 1. The molecule has 18 heavy (non-hydrogen) atoms. The molecule has 2 aliphatic heterocycles. The van der Waals surface area contributed by atoms with Crippen LogP contribution in [0.2, 0.25) is 0 Å². The van der Waals surface area contributed by atoms with Crippen LogP contribution in [0.3, 0.4) is 0 Å². The van der Waals surface area contributed by atoms with Crippen molar-refractivity contribution >= 4 is 11.8 Å². The third kappa shape index (κ3) is 2.84. The summed E-state index contributed by atoms with van der Waals surface area (Å²) in [5.41, 5.74) is -0.283. The van der Waals surface area contributed by atoms with Crippen LogP contribution in [0.4, 0.5) is 0 Å². The average Bonchev–Trinajstić information content (AvgIpc) is 2.30. The number of thioether (sulfide) groups is 1. The van der Waals surface area contributed by atoms with E-state index >= 15 is 0 Å². The van der Waals surface area contributed by atoms with Gasteiger partial charge in [-0.2, -0.15) is 0 Å². The van der Waals surface area contributed by atoms with E-state index in [9.17, 15) is 5.11 Å². The maximum atomic E-state index is 10.3. The summed E-state index contributed by atoms with van der Waals surface area (Å²) in [5, 5.41) is 10.3. The summed E-state index contributed by atoms with van der Waals surface area (Å²) < 4.78 is 22.7. The molecular formula is C12H22O5S. The predicted molar refractivity (Wildman–Crippen MR) is 68.5 cm³/mol. The van der Waals surface area contributed by atoms with E-state index in [0.717, 1.165) is 5.75 Å². The highest BCUT2D eigenvalue weighted by Gasteiger charge is 2.51. The van der Waals surface area contributed by atoms with Crippen LogP contribution < -0.4 is 0 Å². The predicted octanol–water partition coefficient (Wildman–Crippen LogP) is 0.992. The zero-order valence-electron chi connectivity index (χ0n) is 11.3. The van der Waals surface area contributed by atoms with Gasteiger partial charge in [-0.05, 0) is 19.6 Å². The topological polar surface area (TPSA) is 57.2 Å². The standard InChI is InChI=1S/C12H22O5S/c1-5-18-11-8(13)10(14-4)9-7(16-11)6-15-12(2,3)17-9/h7-11,13H,5-6H2,1-4H3/t7?,8?,9-,10+,11+/m1/s1. The minimum Gasteiger partial charge on any atom is -0.387 e. The number of ether oxygens (including phenoxy) is 4. The molecule has 2 unspecified atom stereocenters. The highest BCUT2D eigenvalue weighted by Crippen LogP contribution is 2.36. The van der Waals surface area contributed by atoms with Gasteiger partial charge in [-0.1, -0.05) is 6.92 Å². The van der Waals surface area contributed by atoms with Crippen molar-refractivity contribution in [3.05, 3.63) is 0 Å². The molecule has 0 aromatic rings. The molecule has 2 saturated heterocycles. The Morgan fingerprint density at radius 3 is 2.78 bits per heavy atom. The lowest BCUT2D eigenvalue weighted by atomic mass is 9.98. The quantitative estimate of drug-likeness (QED) is 0.831. The van der Waals surface area contributed by atoms with E-state index in [1.54, 1.807) is 18.9 Å². The Bertz CT molecular complexity index is 286. The van der Waals surface area contributed by atoms with Gasteiger partial charge in [0.25, 0.3) is 0 Å². The number of aliphatic hydroxyl groups is 1. The molecule has 5 nitrogen and oxygen atoms in total. The molecule has 0 radical (unpaired) electrons. The first-order valence-corrected chi connectivity index (χ1v) is 7.33. The van der Waals surface area contributed by atoms with Gasteiger partial charge in [0.05, 0.1) is 6.61 Å². The summed E-state index contributed by atoms with van der Waals surface area (Å²) in [7, 11) is 1.59. The molecule has 0 aliphatic carbocycles. The fourth-order valence-electron chi connectivity index (χ4n) is 2.39. The summed E-state index contributed by atoms with van der Waals surface area (Å²) in [5.74, 6) is 0.217. The molecule has 0 aromatic carbocycles. The van der Waals surface area contributed by atoms with Gasteiger partial charge in [-0.25, -0.2) is 0 Å². The van der Waals surface area contributed by atoms with Crippen LogP contribution in [-0.2, 0) is 18.9 Å². The second kappa shape index (κ2) is 5.64. The van der Waals surface area contributed by atoms with Crippen molar-refractivity contribution in [3.63, 3.8) is 0 Å². The van der Waals surface area contributed by atoms with Gasteiger partial charge in [0.1, 0.15) is 29.9 Å². The SMILES string of the molecule is CCS[C@@H]1OC2COC(C)(C)O[C@H]2[C@@H](OC)C1O. The Morgan fingerprint density at radius 1 is 1.44 bits per heavy atom. The van der Waals surface area contributed by atoms with Crippen LogP contribution in [0.1, 0.15) is 20.8 Å². The Hall–Kier alpha value is 0.150. The lowest BCUT2D eigenvalue weighted by Gasteiger charge is -2.49. The summed E-state index contributed by atoms with van der Waals surface area (Å²) in [6.45, 7) is 6.21. The van der Waals surface area contributed by atoms with E-state index in [2.05, 4.69) is 0 Å². The maximum Gasteiger partial charge on any atom is 0.163 e. The first-order chi connectivity index (χ1) is 8.48. The van der Waals surface area contributed by atoms with E-state index < -0.39 is 11.9 Å². The van der Waals surface area contributed by atoms with E-state index in [4.69, 9.17) is 18.9 Å². The molecule has 6 heteroatoms. The van der Waals surface area contributed by atoms with Crippen molar-refractivity contribution in [1.29, 1.82) is 0 Å². The normalized spacial score (nSPS) is 43.5. The number of rotatable bonds is 3. The molecule has 2 rings (SSSR count). The van der Waals surface area contributed by atoms with Crippen LogP contribution in [0, 0.1) is 0 Å². The second-order valence-electron chi connectivity index (χ2n) is 4.98. The third-order valence-corrected chi connectivity index (χ3v) is 4.28. The second-order valence-corrected chi connectivity index (χ2v) is 6.36. The van der Waals surface area contributed by atoms with Gasteiger partial charge in [-0.15, -0.1) is 11.8 Å². The van der Waals surface area contributed by atoms with Crippen LogP contribution >= 0.6 is 11.8 Å². The first kappa shape index (κ1) is 14.6. The van der Waals surface area contributed by atoms with E-state index in [0.29, 0.717) is 6.61 Å². The summed E-state index contributed by atoms with van der Waals surface area (Å²) >= 11 is 1.57. The Morgan fingerprint density at radius 2 is 2.17 bits per heavy atom. The van der Waals surface area contributed by atoms with E-state index in [1.165, 1.54) is 0 Å². The molecule has 1 N–H and O–H groups in total. The summed E-state index contributed by atoms with van der Waals surface area (Å²) in [6, 6.07) is 0. The Labute approximate surface area is 112 Å². The lowest BCUT2D eigenvalue weighted by Crippen LogP contribution is -2.64. The highest BCUT2D eigenvalue weighted by molar-refractivity contribution is 7.99. The molecule has 2 heterocycles. The van der Waals surface area contributed by atoms with Crippen molar-refractivity contribution in [2.45, 2.75) is 56.4 Å². The maximum absolute atomic E-state index is 10.3. The van der Waals surface area contributed by atoms with Crippen LogP contribution in [0.15, 0.2) is 0 Å². The molecule has 5 atom stereocenters. The van der Waals surface area contributed by atoms with E-state index in [1.807, 2.05) is 20.8 Å².